The first-order chi connectivity index (χ1) is 7.54. The van der Waals surface area contributed by atoms with E-state index >= 15 is 0 Å². The predicted octanol–water partition coefficient (Wildman–Crippen LogP) is -0.498. The van der Waals surface area contributed by atoms with Crippen LogP contribution in [-0.4, -0.2) is 51.8 Å². The summed E-state index contributed by atoms with van der Waals surface area (Å²) >= 11 is 0. The molecule has 0 heterocycles. The van der Waals surface area contributed by atoms with Gasteiger partial charge in [0, 0.05) is 12.8 Å². The van der Waals surface area contributed by atoms with E-state index in [1.54, 1.807) is 13.8 Å². The third-order valence-corrected chi connectivity index (χ3v) is 5.19. The van der Waals surface area contributed by atoms with Crippen molar-refractivity contribution in [3.8, 4) is 0 Å². The maximum absolute atomic E-state index is 11.5. The molecule has 2 N–H and O–H groups in total. The molecule has 0 rings (SSSR count). The molecule has 104 valence electrons. The predicted molar refractivity (Wildman–Crippen MR) is 67.0 cm³/mol. The van der Waals surface area contributed by atoms with Crippen molar-refractivity contribution in [2.45, 2.75) is 32.3 Å². The van der Waals surface area contributed by atoms with Gasteiger partial charge < -0.3 is 5.11 Å². The van der Waals surface area contributed by atoms with Crippen molar-refractivity contribution in [3.63, 3.8) is 0 Å². The van der Waals surface area contributed by atoms with E-state index in [2.05, 4.69) is 4.72 Å². The Hall–Kier alpha value is -0.180. The molecule has 0 unspecified atom stereocenters. The first-order valence-electron chi connectivity index (χ1n) is 5.41. The second kappa shape index (κ2) is 6.12. The molecule has 17 heavy (non-hydrogen) atoms. The third kappa shape index (κ3) is 7.69. The number of rotatable bonds is 8. The number of nitrogens with one attached hydrogen (secondary N) is 1. The summed E-state index contributed by atoms with van der Waals surface area (Å²) in [7, 11) is -6.96. The first-order valence-corrected chi connectivity index (χ1v) is 9.12. The minimum absolute atomic E-state index is 0.0912. The van der Waals surface area contributed by atoms with E-state index in [-0.39, 0.29) is 6.54 Å². The highest BCUT2D eigenvalue weighted by Gasteiger charge is 2.25. The molecule has 0 aliphatic rings. The highest BCUT2D eigenvalue weighted by molar-refractivity contribution is 7.93. The SMILES string of the molecule is CCC(O)(CC)CNS(=O)(=O)CCS(C)(=O)=O. The van der Waals surface area contributed by atoms with Crippen LogP contribution in [0.15, 0.2) is 0 Å². The van der Waals surface area contributed by atoms with Crippen LogP contribution in [0.2, 0.25) is 0 Å². The molecule has 0 amide bonds. The molecule has 0 saturated heterocycles. The zero-order valence-corrected chi connectivity index (χ0v) is 12.1. The Kier molecular flexibility index (Phi) is 6.06. The van der Waals surface area contributed by atoms with Crippen LogP contribution in [0.1, 0.15) is 26.7 Å². The summed E-state index contributed by atoms with van der Waals surface area (Å²) in [6, 6.07) is 0. The largest absolute Gasteiger partial charge is 0.389 e. The van der Waals surface area contributed by atoms with Gasteiger partial charge in [-0.05, 0) is 12.8 Å². The standard InChI is InChI=1S/C9H21NO5S2/c1-4-9(11,5-2)8-10-17(14,15)7-6-16(3,12)13/h10-11H,4-8H2,1-3H3. The van der Waals surface area contributed by atoms with E-state index < -0.39 is 37.0 Å². The number of aliphatic hydroxyl groups is 1. The summed E-state index contributed by atoms with van der Waals surface area (Å²) in [6.45, 7) is 3.43. The molecular weight excluding hydrogens is 266 g/mol. The van der Waals surface area contributed by atoms with Gasteiger partial charge in [-0.1, -0.05) is 13.8 Å². The van der Waals surface area contributed by atoms with Gasteiger partial charge in [0.1, 0.15) is 9.84 Å². The zero-order chi connectivity index (χ0) is 13.7. The smallest absolute Gasteiger partial charge is 0.212 e. The van der Waals surface area contributed by atoms with Gasteiger partial charge in [0.15, 0.2) is 0 Å². The van der Waals surface area contributed by atoms with Crippen LogP contribution >= 0.6 is 0 Å². The van der Waals surface area contributed by atoms with Crippen molar-refractivity contribution >= 4 is 19.9 Å². The lowest BCUT2D eigenvalue weighted by molar-refractivity contribution is 0.0377. The average molecular weight is 287 g/mol. The highest BCUT2D eigenvalue weighted by Crippen LogP contribution is 2.13. The van der Waals surface area contributed by atoms with Gasteiger partial charge >= 0.3 is 0 Å². The van der Waals surface area contributed by atoms with E-state index in [4.69, 9.17) is 0 Å². The minimum atomic E-state index is -3.66. The van der Waals surface area contributed by atoms with E-state index in [9.17, 15) is 21.9 Å². The van der Waals surface area contributed by atoms with Crippen molar-refractivity contribution < 1.29 is 21.9 Å². The van der Waals surface area contributed by atoms with Crippen molar-refractivity contribution in [2.24, 2.45) is 0 Å². The Morgan fingerprint density at radius 3 is 1.88 bits per heavy atom. The molecule has 0 aromatic carbocycles. The Bertz CT molecular complexity index is 422. The third-order valence-electron chi connectivity index (χ3n) is 2.66. The van der Waals surface area contributed by atoms with E-state index in [0.717, 1.165) is 6.26 Å². The molecule has 0 aromatic rings. The maximum atomic E-state index is 11.5. The lowest BCUT2D eigenvalue weighted by Gasteiger charge is -2.25. The number of hydrogen-bond acceptors (Lipinski definition) is 5. The molecule has 0 spiro atoms. The van der Waals surface area contributed by atoms with Gasteiger partial charge in [-0.15, -0.1) is 0 Å². The quantitative estimate of drug-likeness (QED) is 0.627. The first kappa shape index (κ1) is 16.8. The summed E-state index contributed by atoms with van der Waals surface area (Å²) < 4.78 is 46.9. The monoisotopic (exact) mass is 287 g/mol. The van der Waals surface area contributed by atoms with Gasteiger partial charge in [0.2, 0.25) is 10.0 Å². The summed E-state index contributed by atoms with van der Waals surface area (Å²) in [5, 5.41) is 9.87. The number of hydrogen-bond donors (Lipinski definition) is 2. The van der Waals surface area contributed by atoms with Crippen LogP contribution in [0.25, 0.3) is 0 Å². The lowest BCUT2D eigenvalue weighted by atomic mass is 9.98. The van der Waals surface area contributed by atoms with Gasteiger partial charge in [-0.2, -0.15) is 0 Å². The topological polar surface area (TPSA) is 101 Å². The fourth-order valence-corrected chi connectivity index (χ4v) is 3.80. The Morgan fingerprint density at radius 2 is 1.53 bits per heavy atom. The lowest BCUT2D eigenvalue weighted by Crippen LogP contribution is -2.43. The second-order valence-corrected chi connectivity index (χ2v) is 8.39. The Morgan fingerprint density at radius 1 is 1.06 bits per heavy atom. The van der Waals surface area contributed by atoms with Gasteiger partial charge in [0.25, 0.3) is 0 Å². The van der Waals surface area contributed by atoms with E-state index in [1.807, 2.05) is 0 Å². The Balaban J connectivity index is 4.38. The van der Waals surface area contributed by atoms with E-state index in [1.165, 1.54) is 0 Å². The summed E-state index contributed by atoms with van der Waals surface area (Å²) in [5.74, 6) is -0.894. The van der Waals surface area contributed by atoms with Crippen LogP contribution in [-0.2, 0) is 19.9 Å². The molecule has 0 radical (unpaired) electrons. The molecule has 0 atom stereocenters. The fraction of sp³-hybridized carbons (Fsp3) is 1.00. The van der Waals surface area contributed by atoms with Gasteiger partial charge in [-0.25, -0.2) is 21.6 Å². The molecule has 0 aliphatic heterocycles. The van der Waals surface area contributed by atoms with Gasteiger partial charge in [-0.3, -0.25) is 0 Å². The van der Waals surface area contributed by atoms with Crippen LogP contribution in [0.3, 0.4) is 0 Å². The van der Waals surface area contributed by atoms with Crippen molar-refractivity contribution in [1.29, 1.82) is 0 Å². The molecule has 0 saturated carbocycles. The van der Waals surface area contributed by atoms with Crippen LogP contribution < -0.4 is 4.72 Å². The molecule has 8 heteroatoms. The molecule has 0 fully saturated rings. The molecule has 0 bridgehead atoms. The second-order valence-electron chi connectivity index (χ2n) is 4.20. The molecular formula is C9H21NO5S2. The Labute approximate surface area is 103 Å². The van der Waals surface area contributed by atoms with Crippen molar-refractivity contribution in [1.82, 2.24) is 4.72 Å². The normalized spacial score (nSPS) is 13.9. The highest BCUT2D eigenvalue weighted by atomic mass is 32.2. The number of sulfone groups is 1. The average Bonchev–Trinajstić information content (AvgIpc) is 2.23. The summed E-state index contributed by atoms with van der Waals surface area (Å²) in [5.41, 5.74) is -1.07. The van der Waals surface area contributed by atoms with Gasteiger partial charge in [0.05, 0.1) is 17.1 Å². The summed E-state index contributed by atoms with van der Waals surface area (Å²) in [4.78, 5) is 0. The van der Waals surface area contributed by atoms with Crippen molar-refractivity contribution in [2.75, 3.05) is 24.3 Å². The number of sulfonamides is 1. The van der Waals surface area contributed by atoms with Crippen LogP contribution in [0.4, 0.5) is 0 Å². The van der Waals surface area contributed by atoms with E-state index in [0.29, 0.717) is 12.8 Å². The molecule has 6 nitrogen and oxygen atoms in total. The summed E-state index contributed by atoms with van der Waals surface area (Å²) in [6.07, 6.45) is 1.84. The zero-order valence-electron chi connectivity index (χ0n) is 10.4. The maximum Gasteiger partial charge on any atom is 0.212 e. The minimum Gasteiger partial charge on any atom is -0.389 e. The van der Waals surface area contributed by atoms with Crippen molar-refractivity contribution in [3.05, 3.63) is 0 Å². The molecule has 0 aliphatic carbocycles. The van der Waals surface area contributed by atoms with Crippen LogP contribution in [0, 0.1) is 0 Å². The molecule has 0 aromatic heterocycles. The van der Waals surface area contributed by atoms with Crippen LogP contribution in [0.5, 0.6) is 0 Å². The fourth-order valence-electron chi connectivity index (χ4n) is 1.08.